The molecule has 1 aliphatic carbocycles. The normalized spacial score (nSPS) is 20.3. The van der Waals surface area contributed by atoms with E-state index in [1.165, 1.54) is 5.56 Å². The summed E-state index contributed by atoms with van der Waals surface area (Å²) in [5.74, 6) is -0.0768. The molecule has 0 bridgehead atoms. The molecule has 1 amide bonds. The summed E-state index contributed by atoms with van der Waals surface area (Å²) in [7, 11) is 4.59. The summed E-state index contributed by atoms with van der Waals surface area (Å²) in [5.41, 5.74) is 0.689. The third-order valence-corrected chi connectivity index (χ3v) is 8.26. The van der Waals surface area contributed by atoms with E-state index in [1.54, 1.807) is 0 Å². The van der Waals surface area contributed by atoms with Gasteiger partial charge < -0.3 is 14.5 Å². The maximum Gasteiger partial charge on any atom is 0.259 e. The molecule has 5 heteroatoms. The number of quaternary nitrogens is 1. The van der Waals surface area contributed by atoms with Crippen LogP contribution in [-0.4, -0.2) is 53.6 Å². The van der Waals surface area contributed by atoms with Crippen molar-refractivity contribution in [1.82, 2.24) is 4.90 Å². The van der Waals surface area contributed by atoms with Crippen LogP contribution in [0.2, 0.25) is 0 Å². The largest absolute Gasteiger partial charge is 0.375 e. The van der Waals surface area contributed by atoms with Crippen molar-refractivity contribution in [1.29, 1.82) is 0 Å². The summed E-state index contributed by atoms with van der Waals surface area (Å²) in [5, 5.41) is 11.8. The number of benzene rings is 2. The minimum absolute atomic E-state index is 0.0137. The predicted octanol–water partition coefficient (Wildman–Crippen LogP) is 5.09. The van der Waals surface area contributed by atoms with Crippen molar-refractivity contribution >= 4 is 21.8 Å². The molecular weight excluding hydrogens is 464 g/mol. The monoisotopic (exact) mass is 499 g/mol. The second-order valence-corrected chi connectivity index (χ2v) is 11.1. The average Bonchev–Trinajstić information content (AvgIpc) is 3.36. The fourth-order valence-corrected chi connectivity index (χ4v) is 6.03. The number of carbonyl (C=O) groups is 1. The first-order chi connectivity index (χ1) is 15.3. The Labute approximate surface area is 201 Å². The van der Waals surface area contributed by atoms with E-state index in [9.17, 15) is 9.90 Å². The first-order valence-electron chi connectivity index (χ1n) is 11.9. The Morgan fingerprint density at radius 2 is 1.59 bits per heavy atom. The molecule has 2 aromatic carbocycles. The predicted molar refractivity (Wildman–Crippen MR) is 132 cm³/mol. The van der Waals surface area contributed by atoms with Crippen LogP contribution in [-0.2, 0) is 16.9 Å². The molecule has 2 aliphatic rings. The highest BCUT2D eigenvalue weighted by Gasteiger charge is 2.49. The Kier molecular flexibility index (Phi) is 7.09. The number of nitrogens with zero attached hydrogens (tertiary/aromatic N) is 2. The zero-order chi connectivity index (χ0) is 22.8. The van der Waals surface area contributed by atoms with Crippen molar-refractivity contribution in [3.63, 3.8) is 0 Å². The number of amides is 1. The molecule has 0 radical (unpaired) electrons. The van der Waals surface area contributed by atoms with Crippen molar-refractivity contribution in [2.24, 2.45) is 5.92 Å². The fraction of sp³-hybridized carbons (Fsp3) is 0.519. The van der Waals surface area contributed by atoms with Gasteiger partial charge >= 0.3 is 0 Å². The molecule has 4 nitrogen and oxygen atoms in total. The Morgan fingerprint density at radius 1 is 1.00 bits per heavy atom. The lowest BCUT2D eigenvalue weighted by Gasteiger charge is -2.45. The number of hydrogen-bond acceptors (Lipinski definition) is 2. The van der Waals surface area contributed by atoms with Crippen LogP contribution in [0.15, 0.2) is 59.1 Å². The number of carbonyl (C=O) groups excluding carboxylic acids is 1. The molecule has 2 fully saturated rings. The van der Waals surface area contributed by atoms with Gasteiger partial charge in [0.25, 0.3) is 5.91 Å². The van der Waals surface area contributed by atoms with E-state index in [1.807, 2.05) is 35.2 Å². The van der Waals surface area contributed by atoms with E-state index >= 15 is 0 Å². The summed E-state index contributed by atoms with van der Waals surface area (Å²) in [6.45, 7) is 2.41. The van der Waals surface area contributed by atoms with Gasteiger partial charge in [0.05, 0.1) is 20.1 Å². The van der Waals surface area contributed by atoms with Gasteiger partial charge in [-0.1, -0.05) is 71.2 Å². The van der Waals surface area contributed by atoms with E-state index in [2.05, 4.69) is 54.3 Å². The van der Waals surface area contributed by atoms with Gasteiger partial charge in [-0.25, -0.2) is 0 Å². The van der Waals surface area contributed by atoms with E-state index in [0.717, 1.165) is 59.6 Å². The molecule has 1 unspecified atom stereocenters. The van der Waals surface area contributed by atoms with Gasteiger partial charge in [-0.3, -0.25) is 4.79 Å². The van der Waals surface area contributed by atoms with E-state index < -0.39 is 5.60 Å². The van der Waals surface area contributed by atoms with Gasteiger partial charge in [-0.2, -0.15) is 0 Å². The van der Waals surface area contributed by atoms with Crippen LogP contribution in [0, 0.1) is 5.92 Å². The fourth-order valence-electron chi connectivity index (χ4n) is 5.77. The quantitative estimate of drug-likeness (QED) is 0.561. The SMILES string of the molecule is C[N+](C)(Cc1ccc(Br)cc1)C1CCN(C(=O)C(O)(c2ccccc2)C2CCCC2)CC1. The summed E-state index contributed by atoms with van der Waals surface area (Å²) in [6.07, 6.45) is 5.96. The third kappa shape index (κ3) is 4.80. The van der Waals surface area contributed by atoms with Crippen molar-refractivity contribution < 1.29 is 14.4 Å². The Morgan fingerprint density at radius 3 is 2.19 bits per heavy atom. The molecule has 1 N–H and O–H groups in total. The van der Waals surface area contributed by atoms with Crippen LogP contribution in [0.3, 0.4) is 0 Å². The van der Waals surface area contributed by atoms with Gasteiger partial charge in [-0.15, -0.1) is 0 Å². The van der Waals surface area contributed by atoms with Gasteiger partial charge in [0.15, 0.2) is 5.60 Å². The number of piperidine rings is 1. The van der Waals surface area contributed by atoms with Crippen LogP contribution in [0.1, 0.15) is 49.7 Å². The first-order valence-corrected chi connectivity index (χ1v) is 12.7. The average molecular weight is 501 g/mol. The maximum atomic E-state index is 13.8. The lowest BCUT2D eigenvalue weighted by Crippen LogP contribution is -2.57. The smallest absolute Gasteiger partial charge is 0.259 e. The molecule has 2 aromatic rings. The molecule has 0 spiro atoms. The number of halogens is 1. The van der Waals surface area contributed by atoms with Crippen LogP contribution >= 0.6 is 15.9 Å². The summed E-state index contributed by atoms with van der Waals surface area (Å²) in [4.78, 5) is 15.7. The molecule has 0 aromatic heterocycles. The van der Waals surface area contributed by atoms with Gasteiger partial charge in [0.1, 0.15) is 6.54 Å². The van der Waals surface area contributed by atoms with Gasteiger partial charge in [0, 0.05) is 41.9 Å². The van der Waals surface area contributed by atoms with Crippen molar-refractivity contribution in [3.8, 4) is 0 Å². The highest BCUT2D eigenvalue weighted by atomic mass is 79.9. The highest BCUT2D eigenvalue weighted by Crippen LogP contribution is 2.42. The standard InChI is InChI=1S/C27H36BrN2O2/c1-30(2,20-21-12-14-24(28)15-13-21)25-16-18-29(19-17-25)26(31)27(32,23-10-6-7-11-23)22-8-4-3-5-9-22/h3-5,8-9,12-15,23,25,32H,6-7,10-11,16-20H2,1-2H3/q+1. The Bertz CT molecular complexity index is 901. The molecule has 1 heterocycles. The third-order valence-electron chi connectivity index (χ3n) is 7.73. The molecular formula is C27H36BrN2O2+. The van der Waals surface area contributed by atoms with Crippen LogP contribution < -0.4 is 0 Å². The summed E-state index contributed by atoms with van der Waals surface area (Å²) in [6, 6.07) is 18.7. The maximum absolute atomic E-state index is 13.8. The first kappa shape index (κ1) is 23.5. The molecule has 1 saturated carbocycles. The number of likely N-dealkylation sites (tertiary alicyclic amines) is 1. The second-order valence-electron chi connectivity index (χ2n) is 10.2. The molecule has 1 aliphatic heterocycles. The number of aliphatic hydroxyl groups is 1. The second kappa shape index (κ2) is 9.66. The van der Waals surface area contributed by atoms with Crippen molar-refractivity contribution in [2.75, 3.05) is 27.2 Å². The molecule has 1 saturated heterocycles. The van der Waals surface area contributed by atoms with Gasteiger partial charge in [0.2, 0.25) is 0 Å². The van der Waals surface area contributed by atoms with Gasteiger partial charge in [-0.05, 0) is 30.5 Å². The van der Waals surface area contributed by atoms with Crippen molar-refractivity contribution in [3.05, 3.63) is 70.2 Å². The molecule has 4 rings (SSSR count). The highest BCUT2D eigenvalue weighted by molar-refractivity contribution is 9.10. The van der Waals surface area contributed by atoms with Crippen LogP contribution in [0.5, 0.6) is 0 Å². The van der Waals surface area contributed by atoms with Crippen molar-refractivity contribution in [2.45, 2.75) is 56.7 Å². The van der Waals surface area contributed by atoms with Crippen LogP contribution in [0.4, 0.5) is 0 Å². The zero-order valence-corrected chi connectivity index (χ0v) is 20.9. The van der Waals surface area contributed by atoms with E-state index in [0.29, 0.717) is 19.1 Å². The Balaban J connectivity index is 1.45. The lowest BCUT2D eigenvalue weighted by molar-refractivity contribution is -0.929. The minimum atomic E-state index is -1.40. The lowest BCUT2D eigenvalue weighted by atomic mass is 9.78. The van der Waals surface area contributed by atoms with Crippen LogP contribution in [0.25, 0.3) is 0 Å². The van der Waals surface area contributed by atoms with E-state index in [4.69, 9.17) is 0 Å². The molecule has 32 heavy (non-hydrogen) atoms. The van der Waals surface area contributed by atoms with E-state index in [-0.39, 0.29) is 11.8 Å². The molecule has 172 valence electrons. The number of hydrogen-bond donors (Lipinski definition) is 1. The summed E-state index contributed by atoms with van der Waals surface area (Å²) < 4.78 is 2.02. The topological polar surface area (TPSA) is 40.5 Å². The molecule has 1 atom stereocenters. The summed E-state index contributed by atoms with van der Waals surface area (Å²) >= 11 is 3.52. The minimum Gasteiger partial charge on any atom is -0.375 e. The Hall–Kier alpha value is -1.69. The number of rotatable bonds is 6. The zero-order valence-electron chi connectivity index (χ0n) is 19.3.